The standard InChI is InChI=1S/C22H17ClN2O2S/c1-13-9-10-14(2)16(12-13)24-20-19(18-8-5-11-28-18)21(26)25(22(20)27)17-7-4-3-6-15(17)23/h3-12,24H,1-2H3. The molecule has 0 atom stereocenters. The smallest absolute Gasteiger partial charge is 0.282 e. The second-order valence-electron chi connectivity index (χ2n) is 6.57. The predicted octanol–water partition coefficient (Wildman–Crippen LogP) is 5.41. The normalized spacial score (nSPS) is 14.2. The summed E-state index contributed by atoms with van der Waals surface area (Å²) in [6, 6.07) is 16.5. The van der Waals surface area contributed by atoms with Crippen molar-refractivity contribution < 1.29 is 9.59 Å². The van der Waals surface area contributed by atoms with Gasteiger partial charge in [0, 0.05) is 10.6 Å². The fourth-order valence-electron chi connectivity index (χ4n) is 3.15. The Hall–Kier alpha value is -2.89. The summed E-state index contributed by atoms with van der Waals surface area (Å²) in [5.41, 5.74) is 3.85. The maximum absolute atomic E-state index is 13.3. The molecular weight excluding hydrogens is 392 g/mol. The number of imide groups is 1. The molecule has 2 aromatic carbocycles. The average Bonchev–Trinajstić information content (AvgIpc) is 3.27. The van der Waals surface area contributed by atoms with Crippen molar-refractivity contribution in [2.75, 3.05) is 10.2 Å². The molecule has 1 aromatic heterocycles. The summed E-state index contributed by atoms with van der Waals surface area (Å²) >= 11 is 7.70. The van der Waals surface area contributed by atoms with Gasteiger partial charge in [-0.15, -0.1) is 11.3 Å². The van der Waals surface area contributed by atoms with Crippen LogP contribution in [0.3, 0.4) is 0 Å². The second-order valence-corrected chi connectivity index (χ2v) is 7.92. The average molecular weight is 409 g/mol. The zero-order valence-corrected chi connectivity index (χ0v) is 16.9. The number of nitrogens with zero attached hydrogens (tertiary/aromatic N) is 1. The van der Waals surface area contributed by atoms with E-state index in [1.165, 1.54) is 11.3 Å². The molecule has 3 aromatic rings. The summed E-state index contributed by atoms with van der Waals surface area (Å²) < 4.78 is 0. The van der Waals surface area contributed by atoms with Crippen molar-refractivity contribution >= 4 is 51.7 Å². The first kappa shape index (κ1) is 18.5. The van der Waals surface area contributed by atoms with Gasteiger partial charge in [-0.3, -0.25) is 9.59 Å². The minimum absolute atomic E-state index is 0.265. The van der Waals surface area contributed by atoms with Crippen LogP contribution in [0.1, 0.15) is 16.0 Å². The van der Waals surface area contributed by atoms with Crippen molar-refractivity contribution in [3.63, 3.8) is 0 Å². The lowest BCUT2D eigenvalue weighted by Crippen LogP contribution is -2.32. The number of para-hydroxylation sites is 1. The molecule has 1 N–H and O–H groups in total. The largest absolute Gasteiger partial charge is 0.350 e. The Bertz CT molecular complexity index is 1120. The van der Waals surface area contributed by atoms with Gasteiger partial charge >= 0.3 is 0 Å². The molecule has 4 nitrogen and oxygen atoms in total. The third-order valence-electron chi connectivity index (χ3n) is 4.60. The van der Waals surface area contributed by atoms with Gasteiger partial charge in [-0.25, -0.2) is 4.90 Å². The fraction of sp³-hybridized carbons (Fsp3) is 0.0909. The van der Waals surface area contributed by atoms with Crippen LogP contribution < -0.4 is 10.2 Å². The number of benzene rings is 2. The number of hydrogen-bond donors (Lipinski definition) is 1. The highest BCUT2D eigenvalue weighted by molar-refractivity contribution is 7.11. The monoisotopic (exact) mass is 408 g/mol. The summed E-state index contributed by atoms with van der Waals surface area (Å²) in [5, 5.41) is 5.45. The zero-order chi connectivity index (χ0) is 19.8. The van der Waals surface area contributed by atoms with Gasteiger partial charge in [-0.1, -0.05) is 41.9 Å². The quantitative estimate of drug-likeness (QED) is 0.587. The number of anilines is 2. The maximum Gasteiger partial charge on any atom is 0.282 e. The lowest BCUT2D eigenvalue weighted by Gasteiger charge is -2.17. The van der Waals surface area contributed by atoms with Crippen LogP contribution in [0.25, 0.3) is 5.57 Å². The third-order valence-corrected chi connectivity index (χ3v) is 5.80. The number of nitrogens with one attached hydrogen (secondary N) is 1. The topological polar surface area (TPSA) is 49.4 Å². The molecule has 1 aliphatic rings. The third kappa shape index (κ3) is 3.13. The van der Waals surface area contributed by atoms with Crippen LogP contribution in [0.4, 0.5) is 11.4 Å². The number of rotatable bonds is 4. The molecule has 2 heterocycles. The van der Waals surface area contributed by atoms with Crippen LogP contribution in [-0.2, 0) is 9.59 Å². The first-order chi connectivity index (χ1) is 13.5. The van der Waals surface area contributed by atoms with Crippen LogP contribution in [-0.4, -0.2) is 11.8 Å². The van der Waals surface area contributed by atoms with Gasteiger partial charge < -0.3 is 5.32 Å². The molecule has 4 rings (SSSR count). The van der Waals surface area contributed by atoms with Gasteiger partial charge in [0.25, 0.3) is 11.8 Å². The van der Waals surface area contributed by atoms with E-state index in [0.717, 1.165) is 26.6 Å². The van der Waals surface area contributed by atoms with E-state index in [9.17, 15) is 9.59 Å². The number of thiophene rings is 1. The van der Waals surface area contributed by atoms with Gasteiger partial charge in [0.2, 0.25) is 0 Å². The summed E-state index contributed by atoms with van der Waals surface area (Å²) in [6.45, 7) is 3.94. The van der Waals surface area contributed by atoms with Crippen LogP contribution in [0, 0.1) is 13.8 Å². The van der Waals surface area contributed by atoms with Crippen molar-refractivity contribution in [1.29, 1.82) is 0 Å². The molecule has 0 bridgehead atoms. The highest BCUT2D eigenvalue weighted by Gasteiger charge is 2.41. The van der Waals surface area contributed by atoms with E-state index in [4.69, 9.17) is 11.6 Å². The molecule has 0 radical (unpaired) electrons. The van der Waals surface area contributed by atoms with E-state index >= 15 is 0 Å². The summed E-state index contributed by atoms with van der Waals surface area (Å²) in [6.07, 6.45) is 0. The van der Waals surface area contributed by atoms with Crippen LogP contribution >= 0.6 is 22.9 Å². The minimum Gasteiger partial charge on any atom is -0.350 e. The van der Waals surface area contributed by atoms with E-state index in [-0.39, 0.29) is 11.6 Å². The van der Waals surface area contributed by atoms with Crippen molar-refractivity contribution in [2.24, 2.45) is 0 Å². The molecule has 1 aliphatic heterocycles. The highest BCUT2D eigenvalue weighted by Crippen LogP contribution is 2.38. The van der Waals surface area contributed by atoms with Crippen LogP contribution in [0.5, 0.6) is 0 Å². The maximum atomic E-state index is 13.3. The van der Waals surface area contributed by atoms with Crippen LogP contribution in [0.15, 0.2) is 65.7 Å². The SMILES string of the molecule is Cc1ccc(C)c(NC2=C(c3cccs3)C(=O)N(c3ccccc3Cl)C2=O)c1. The van der Waals surface area contributed by atoms with Gasteiger partial charge in [0.15, 0.2) is 0 Å². The van der Waals surface area contributed by atoms with Crippen molar-refractivity contribution in [3.8, 4) is 0 Å². The van der Waals surface area contributed by atoms with E-state index in [1.54, 1.807) is 24.3 Å². The Morgan fingerprint density at radius 2 is 1.75 bits per heavy atom. The number of carbonyl (C=O) groups is 2. The summed E-state index contributed by atoms with van der Waals surface area (Å²) in [7, 11) is 0. The molecule has 0 saturated heterocycles. The van der Waals surface area contributed by atoms with Gasteiger partial charge in [-0.05, 0) is 54.6 Å². The van der Waals surface area contributed by atoms with Crippen molar-refractivity contribution in [2.45, 2.75) is 13.8 Å². The van der Waals surface area contributed by atoms with Gasteiger partial charge in [0.1, 0.15) is 5.70 Å². The number of carbonyl (C=O) groups excluding carboxylic acids is 2. The predicted molar refractivity (Wildman–Crippen MR) is 115 cm³/mol. The molecule has 0 spiro atoms. The molecule has 140 valence electrons. The number of hydrogen-bond acceptors (Lipinski definition) is 4. The molecule has 0 aliphatic carbocycles. The van der Waals surface area contributed by atoms with Gasteiger partial charge in [-0.2, -0.15) is 0 Å². The minimum atomic E-state index is -0.414. The molecule has 6 heteroatoms. The van der Waals surface area contributed by atoms with E-state index in [1.807, 2.05) is 49.6 Å². The summed E-state index contributed by atoms with van der Waals surface area (Å²) in [4.78, 5) is 28.5. The zero-order valence-electron chi connectivity index (χ0n) is 15.3. The Morgan fingerprint density at radius 3 is 2.46 bits per heavy atom. The second kappa shape index (κ2) is 7.26. The first-order valence-corrected chi connectivity index (χ1v) is 9.99. The van der Waals surface area contributed by atoms with Crippen LogP contribution in [0.2, 0.25) is 5.02 Å². The van der Waals surface area contributed by atoms with Crippen molar-refractivity contribution in [3.05, 3.63) is 86.7 Å². The Kier molecular flexibility index (Phi) is 4.79. The fourth-order valence-corrected chi connectivity index (χ4v) is 4.14. The number of halogens is 1. The summed E-state index contributed by atoms with van der Waals surface area (Å²) in [5.74, 6) is -0.796. The number of aryl methyl sites for hydroxylation is 2. The molecule has 2 amide bonds. The molecule has 28 heavy (non-hydrogen) atoms. The molecule has 0 saturated carbocycles. The number of amides is 2. The lowest BCUT2D eigenvalue weighted by atomic mass is 10.1. The molecule has 0 fully saturated rings. The highest BCUT2D eigenvalue weighted by atomic mass is 35.5. The van der Waals surface area contributed by atoms with Crippen molar-refractivity contribution in [1.82, 2.24) is 0 Å². The molecular formula is C22H17ClN2O2S. The first-order valence-electron chi connectivity index (χ1n) is 8.73. The van der Waals surface area contributed by atoms with E-state index in [2.05, 4.69) is 5.32 Å². The Balaban J connectivity index is 1.84. The Morgan fingerprint density at radius 1 is 0.964 bits per heavy atom. The lowest BCUT2D eigenvalue weighted by molar-refractivity contribution is -0.120. The van der Waals surface area contributed by atoms with E-state index < -0.39 is 5.91 Å². The Labute approximate surface area is 172 Å². The van der Waals surface area contributed by atoms with Gasteiger partial charge in [0.05, 0.1) is 16.3 Å². The van der Waals surface area contributed by atoms with E-state index in [0.29, 0.717) is 16.3 Å². The molecule has 0 unspecified atom stereocenters.